The van der Waals surface area contributed by atoms with Crippen molar-refractivity contribution in [1.82, 2.24) is 15.0 Å². The van der Waals surface area contributed by atoms with Crippen molar-refractivity contribution in [2.75, 3.05) is 13.1 Å². The molecule has 7 heteroatoms. The summed E-state index contributed by atoms with van der Waals surface area (Å²) in [5, 5.41) is 13.5. The Balaban J connectivity index is 1.70. The van der Waals surface area contributed by atoms with Gasteiger partial charge in [-0.1, -0.05) is 31.1 Å². The molecule has 1 N–H and O–H groups in total. The number of aromatic nitrogens is 2. The maximum absolute atomic E-state index is 13.1. The van der Waals surface area contributed by atoms with Gasteiger partial charge in [-0.15, -0.1) is 0 Å². The molecule has 3 rings (SSSR count). The molecule has 6 nitrogen and oxygen atoms in total. The van der Waals surface area contributed by atoms with Crippen LogP contribution < -0.4 is 0 Å². The Morgan fingerprint density at radius 3 is 2.72 bits per heavy atom. The summed E-state index contributed by atoms with van der Waals surface area (Å²) in [4.78, 5) is 18.0. The molecule has 2 atom stereocenters. The van der Waals surface area contributed by atoms with Gasteiger partial charge >= 0.3 is 5.97 Å². The van der Waals surface area contributed by atoms with Gasteiger partial charge in [0.05, 0.1) is 12.5 Å². The molecule has 0 radical (unpaired) electrons. The smallest absolute Gasteiger partial charge is 0.308 e. The molecule has 2 heterocycles. The van der Waals surface area contributed by atoms with Crippen LogP contribution in [0.25, 0.3) is 0 Å². The first kappa shape index (κ1) is 17.5. The summed E-state index contributed by atoms with van der Waals surface area (Å²) < 4.78 is 18.4. The maximum Gasteiger partial charge on any atom is 0.308 e. The van der Waals surface area contributed by atoms with Crippen LogP contribution in [0.1, 0.15) is 37.0 Å². The van der Waals surface area contributed by atoms with Gasteiger partial charge in [-0.05, 0) is 23.6 Å². The van der Waals surface area contributed by atoms with Gasteiger partial charge < -0.3 is 9.63 Å². The molecule has 0 bridgehead atoms. The van der Waals surface area contributed by atoms with Crippen molar-refractivity contribution >= 4 is 5.97 Å². The molecule has 0 spiro atoms. The summed E-state index contributed by atoms with van der Waals surface area (Å²) in [6.45, 7) is 5.58. The van der Waals surface area contributed by atoms with Crippen molar-refractivity contribution in [2.24, 2.45) is 11.8 Å². The standard InChI is InChI=1S/C18H22FN3O3/c1-11(2)7-17-20-16(21-25-17)10-22-8-14(15(9-22)18(23)24)12-3-5-13(19)6-4-12/h3-6,11,14-15H,7-10H2,1-2H3,(H,23,24)/t14-,15+/m1/s1. The number of benzene rings is 1. The monoisotopic (exact) mass is 347 g/mol. The summed E-state index contributed by atoms with van der Waals surface area (Å²) in [6, 6.07) is 6.06. The lowest BCUT2D eigenvalue weighted by atomic mass is 9.89. The van der Waals surface area contributed by atoms with Crippen molar-refractivity contribution in [3.05, 3.63) is 47.4 Å². The van der Waals surface area contributed by atoms with E-state index >= 15 is 0 Å². The summed E-state index contributed by atoms with van der Waals surface area (Å²) in [6.07, 6.45) is 0.725. The predicted molar refractivity (Wildman–Crippen MR) is 88.4 cm³/mol. The topological polar surface area (TPSA) is 79.5 Å². The molecule has 134 valence electrons. The largest absolute Gasteiger partial charge is 0.481 e. The van der Waals surface area contributed by atoms with Gasteiger partial charge in [0.15, 0.2) is 5.82 Å². The Morgan fingerprint density at radius 1 is 1.36 bits per heavy atom. The molecule has 25 heavy (non-hydrogen) atoms. The van der Waals surface area contributed by atoms with E-state index in [1.165, 1.54) is 12.1 Å². The third-order valence-corrected chi connectivity index (χ3v) is 4.47. The second-order valence-corrected chi connectivity index (χ2v) is 7.00. The van der Waals surface area contributed by atoms with Crippen LogP contribution in [0.2, 0.25) is 0 Å². The fraction of sp³-hybridized carbons (Fsp3) is 0.500. The molecule has 1 aliphatic heterocycles. The first-order valence-electron chi connectivity index (χ1n) is 8.44. The summed E-state index contributed by atoms with van der Waals surface area (Å²) in [7, 11) is 0. The van der Waals surface area contributed by atoms with E-state index in [2.05, 4.69) is 24.0 Å². The van der Waals surface area contributed by atoms with Crippen molar-refractivity contribution in [3.63, 3.8) is 0 Å². The number of carboxylic acid groups (broad SMARTS) is 1. The van der Waals surface area contributed by atoms with Crippen molar-refractivity contribution in [3.8, 4) is 0 Å². The van der Waals surface area contributed by atoms with Gasteiger partial charge in [0.2, 0.25) is 5.89 Å². The molecule has 1 saturated heterocycles. The van der Waals surface area contributed by atoms with Gasteiger partial charge in [0.25, 0.3) is 0 Å². The third kappa shape index (κ3) is 4.22. The average molecular weight is 347 g/mol. The van der Waals surface area contributed by atoms with E-state index in [9.17, 15) is 14.3 Å². The number of halogens is 1. The van der Waals surface area contributed by atoms with E-state index in [1.54, 1.807) is 12.1 Å². The summed E-state index contributed by atoms with van der Waals surface area (Å²) in [5.74, 6) is -0.277. The minimum Gasteiger partial charge on any atom is -0.481 e. The van der Waals surface area contributed by atoms with Crippen LogP contribution in [0.15, 0.2) is 28.8 Å². The minimum atomic E-state index is -0.842. The molecule has 1 aromatic carbocycles. The quantitative estimate of drug-likeness (QED) is 0.865. The van der Waals surface area contributed by atoms with E-state index in [0.29, 0.717) is 37.3 Å². The van der Waals surface area contributed by atoms with E-state index < -0.39 is 11.9 Å². The summed E-state index contributed by atoms with van der Waals surface area (Å²) in [5.41, 5.74) is 0.838. The maximum atomic E-state index is 13.1. The SMILES string of the molecule is CC(C)Cc1nc(CN2C[C@H](C(=O)O)[C@@H](c3ccc(F)cc3)C2)no1. The van der Waals surface area contributed by atoms with E-state index in [1.807, 2.05) is 4.90 Å². The third-order valence-electron chi connectivity index (χ3n) is 4.47. The molecular weight excluding hydrogens is 325 g/mol. The van der Waals surface area contributed by atoms with Gasteiger partial charge in [0.1, 0.15) is 5.82 Å². The van der Waals surface area contributed by atoms with E-state index in [-0.39, 0.29) is 11.7 Å². The highest BCUT2D eigenvalue weighted by Crippen LogP contribution is 2.33. The molecule has 1 aliphatic rings. The molecular formula is C18H22FN3O3. The lowest BCUT2D eigenvalue weighted by molar-refractivity contribution is -0.141. The van der Waals surface area contributed by atoms with Crippen LogP contribution in [-0.2, 0) is 17.8 Å². The Labute approximate surface area is 145 Å². The highest BCUT2D eigenvalue weighted by molar-refractivity contribution is 5.72. The normalized spacial score (nSPS) is 21.1. The molecule has 0 aliphatic carbocycles. The zero-order chi connectivity index (χ0) is 18.0. The molecule has 0 saturated carbocycles. The average Bonchev–Trinajstić information content (AvgIpc) is 3.15. The number of aliphatic carboxylic acids is 1. The summed E-state index contributed by atoms with van der Waals surface area (Å²) >= 11 is 0. The number of nitrogens with zero attached hydrogens (tertiary/aromatic N) is 3. The van der Waals surface area contributed by atoms with Crippen LogP contribution in [-0.4, -0.2) is 39.2 Å². The first-order valence-corrected chi connectivity index (χ1v) is 8.44. The molecule has 2 aromatic rings. The Hall–Kier alpha value is -2.28. The van der Waals surface area contributed by atoms with Crippen LogP contribution in [0.4, 0.5) is 4.39 Å². The first-order chi connectivity index (χ1) is 11.9. The molecule has 1 fully saturated rings. The zero-order valence-corrected chi connectivity index (χ0v) is 14.4. The molecule has 1 aromatic heterocycles. The zero-order valence-electron chi connectivity index (χ0n) is 14.4. The van der Waals surface area contributed by atoms with Gasteiger partial charge in [-0.25, -0.2) is 4.39 Å². The van der Waals surface area contributed by atoms with Gasteiger partial charge in [0, 0.05) is 25.4 Å². The number of carboxylic acids is 1. The fourth-order valence-corrected chi connectivity index (χ4v) is 3.30. The number of hydrogen-bond donors (Lipinski definition) is 1. The number of likely N-dealkylation sites (tertiary alicyclic amines) is 1. The number of carbonyl (C=O) groups is 1. The Kier molecular flexibility index (Phi) is 5.13. The van der Waals surface area contributed by atoms with E-state index in [0.717, 1.165) is 12.0 Å². The highest BCUT2D eigenvalue weighted by Gasteiger charge is 2.38. The van der Waals surface area contributed by atoms with Gasteiger partial charge in [-0.2, -0.15) is 4.98 Å². The van der Waals surface area contributed by atoms with Crippen LogP contribution in [0.5, 0.6) is 0 Å². The Bertz CT molecular complexity index is 729. The van der Waals surface area contributed by atoms with Crippen LogP contribution in [0.3, 0.4) is 0 Å². The van der Waals surface area contributed by atoms with Crippen LogP contribution in [0, 0.1) is 17.7 Å². The minimum absolute atomic E-state index is 0.180. The van der Waals surface area contributed by atoms with Crippen molar-refractivity contribution in [2.45, 2.75) is 32.7 Å². The molecule has 0 amide bonds. The van der Waals surface area contributed by atoms with E-state index in [4.69, 9.17) is 4.52 Å². The lowest BCUT2D eigenvalue weighted by Gasteiger charge is -2.15. The second-order valence-electron chi connectivity index (χ2n) is 7.00. The number of hydrogen-bond acceptors (Lipinski definition) is 5. The van der Waals surface area contributed by atoms with Gasteiger partial charge in [-0.3, -0.25) is 9.69 Å². The predicted octanol–water partition coefficient (Wildman–Crippen LogP) is 2.71. The fourth-order valence-electron chi connectivity index (χ4n) is 3.30. The highest BCUT2D eigenvalue weighted by atomic mass is 19.1. The second kappa shape index (κ2) is 7.31. The van der Waals surface area contributed by atoms with Crippen molar-refractivity contribution in [1.29, 1.82) is 0 Å². The van der Waals surface area contributed by atoms with Crippen molar-refractivity contribution < 1.29 is 18.8 Å². The Morgan fingerprint density at radius 2 is 2.08 bits per heavy atom. The lowest BCUT2D eigenvalue weighted by Crippen LogP contribution is -2.23. The molecule has 0 unspecified atom stereocenters. The van der Waals surface area contributed by atoms with Crippen LogP contribution >= 0.6 is 0 Å². The number of rotatable bonds is 6.